The van der Waals surface area contributed by atoms with Crippen LogP contribution < -0.4 is 0 Å². The summed E-state index contributed by atoms with van der Waals surface area (Å²) in [6.45, 7) is 17.2. The number of rotatable bonds is 15. The predicted molar refractivity (Wildman–Crippen MR) is 162 cm³/mol. The van der Waals surface area contributed by atoms with Crippen molar-refractivity contribution in [2.75, 3.05) is 0 Å². The molecule has 6 nitrogen and oxygen atoms in total. The molecule has 1 rings (SSSR count). The number of ether oxygens (including phenoxy) is 1. The highest BCUT2D eigenvalue weighted by Gasteiger charge is 2.29. The van der Waals surface area contributed by atoms with E-state index >= 15 is 0 Å². The molecule has 0 fully saturated rings. The number of Topliss-reactive ketones (excluding diaryl/α,β-unsaturated/α-hetero) is 1. The molecule has 0 aromatic heterocycles. The van der Waals surface area contributed by atoms with Gasteiger partial charge in [0.05, 0.1) is 6.10 Å². The summed E-state index contributed by atoms with van der Waals surface area (Å²) >= 11 is 0. The van der Waals surface area contributed by atoms with Gasteiger partial charge in [-0.25, -0.2) is 9.59 Å². The molecule has 0 radical (unpaired) electrons. The number of aliphatic hydroxyl groups is 1. The largest absolute Gasteiger partial charge is 0.478 e. The molecule has 0 saturated carbocycles. The molecule has 1 heterocycles. The Morgan fingerprint density at radius 3 is 2.35 bits per heavy atom. The van der Waals surface area contributed by atoms with Crippen molar-refractivity contribution in [2.45, 2.75) is 93.8 Å². The molecule has 222 valence electrons. The lowest BCUT2D eigenvalue weighted by atomic mass is 9.83. The summed E-state index contributed by atoms with van der Waals surface area (Å²) in [5.74, 6) is -1.97. The molecule has 2 N–H and O–H groups in total. The van der Waals surface area contributed by atoms with Gasteiger partial charge in [-0.2, -0.15) is 0 Å². The SMILES string of the molecule is CCC(=C/C(C)C/C=C/C(C)=C/C(C)C(=O)C(C)C(O)C(C)C/C(C)=C/C(=O)O)/C=C/C1OC(=O)C(C)=CC1C. The number of allylic oxidation sites excluding steroid dienone is 8. The van der Waals surface area contributed by atoms with Crippen LogP contribution in [0.1, 0.15) is 81.6 Å². The average Bonchev–Trinajstić information content (AvgIpc) is 2.86. The summed E-state index contributed by atoms with van der Waals surface area (Å²) in [5, 5.41) is 19.6. The molecular formula is C34H50O6. The molecule has 0 aliphatic carbocycles. The van der Waals surface area contributed by atoms with E-state index in [0.717, 1.165) is 24.5 Å². The molecule has 1 aliphatic rings. The van der Waals surface area contributed by atoms with E-state index in [1.165, 1.54) is 5.57 Å². The number of carboxylic acid groups (broad SMARTS) is 1. The fraction of sp³-hybridized carbons (Fsp3) is 0.559. The van der Waals surface area contributed by atoms with E-state index in [9.17, 15) is 19.5 Å². The van der Waals surface area contributed by atoms with Crippen LogP contribution in [-0.4, -0.2) is 40.1 Å². The Morgan fingerprint density at radius 2 is 1.75 bits per heavy atom. The Morgan fingerprint density at radius 1 is 1.10 bits per heavy atom. The van der Waals surface area contributed by atoms with Crippen LogP contribution in [0, 0.1) is 29.6 Å². The van der Waals surface area contributed by atoms with Gasteiger partial charge in [-0.05, 0) is 57.9 Å². The molecule has 0 aromatic carbocycles. The summed E-state index contributed by atoms with van der Waals surface area (Å²) < 4.78 is 5.52. The number of carbonyl (C=O) groups excluding carboxylic acids is 2. The molecule has 7 unspecified atom stereocenters. The van der Waals surface area contributed by atoms with E-state index in [-0.39, 0.29) is 35.6 Å². The standard InChI is InChI=1S/C34H50O6/c1-10-29(14-15-30-24(5)20-27(8)34(39)40-30)18-22(3)13-11-12-21(2)16-25(6)32(37)28(9)33(38)26(7)17-23(4)19-31(35)36/h11-12,14-16,18-20,22,24-26,28,30,33,38H,10,13,17H2,1-9H3,(H,35,36)/b12-11+,15-14+,21-16+,23-19+,29-18-. The quantitative estimate of drug-likeness (QED) is 0.126. The predicted octanol–water partition coefficient (Wildman–Crippen LogP) is 7.17. The lowest BCUT2D eigenvalue weighted by Crippen LogP contribution is -2.34. The van der Waals surface area contributed by atoms with Gasteiger partial charge in [0.15, 0.2) is 0 Å². The van der Waals surface area contributed by atoms with Crippen molar-refractivity contribution in [3.05, 3.63) is 70.9 Å². The van der Waals surface area contributed by atoms with E-state index in [4.69, 9.17) is 9.84 Å². The normalized spacial score (nSPS) is 23.0. The zero-order valence-electron chi connectivity index (χ0n) is 25.8. The third kappa shape index (κ3) is 12.0. The summed E-state index contributed by atoms with van der Waals surface area (Å²) in [7, 11) is 0. The van der Waals surface area contributed by atoms with Gasteiger partial charge in [-0.1, -0.05) is 94.7 Å². The number of hydrogen-bond donors (Lipinski definition) is 2. The first-order valence-electron chi connectivity index (χ1n) is 14.4. The van der Waals surface area contributed by atoms with Crippen molar-refractivity contribution in [1.29, 1.82) is 0 Å². The Hall–Kier alpha value is -2.99. The first kappa shape index (κ1) is 35.0. The van der Waals surface area contributed by atoms with Crippen LogP contribution in [0.3, 0.4) is 0 Å². The molecule has 0 bridgehead atoms. The highest BCUT2D eigenvalue weighted by molar-refractivity contribution is 5.88. The fourth-order valence-corrected chi connectivity index (χ4v) is 5.01. The maximum absolute atomic E-state index is 13.0. The second-order valence-corrected chi connectivity index (χ2v) is 11.5. The van der Waals surface area contributed by atoms with Gasteiger partial charge < -0.3 is 14.9 Å². The summed E-state index contributed by atoms with van der Waals surface area (Å²) in [4.78, 5) is 35.7. The highest BCUT2D eigenvalue weighted by atomic mass is 16.5. The second kappa shape index (κ2) is 17.0. The van der Waals surface area contributed by atoms with Crippen LogP contribution in [-0.2, 0) is 19.1 Å². The van der Waals surface area contributed by atoms with E-state index in [1.54, 1.807) is 20.8 Å². The van der Waals surface area contributed by atoms with Gasteiger partial charge in [0, 0.05) is 29.4 Å². The zero-order valence-corrected chi connectivity index (χ0v) is 25.8. The van der Waals surface area contributed by atoms with Crippen LogP contribution in [0.15, 0.2) is 70.9 Å². The summed E-state index contributed by atoms with van der Waals surface area (Å²) in [6, 6.07) is 0. The molecule has 40 heavy (non-hydrogen) atoms. The maximum Gasteiger partial charge on any atom is 0.334 e. The molecule has 0 amide bonds. The van der Waals surface area contributed by atoms with Crippen molar-refractivity contribution < 1.29 is 29.3 Å². The number of ketones is 1. The Balaban J connectivity index is 2.71. The van der Waals surface area contributed by atoms with Crippen LogP contribution in [0.4, 0.5) is 0 Å². The van der Waals surface area contributed by atoms with Crippen LogP contribution >= 0.6 is 0 Å². The average molecular weight is 555 g/mol. The van der Waals surface area contributed by atoms with Crippen LogP contribution in [0.25, 0.3) is 0 Å². The number of aliphatic carboxylic acids is 1. The van der Waals surface area contributed by atoms with E-state index in [2.05, 4.69) is 32.1 Å². The monoisotopic (exact) mass is 554 g/mol. The maximum atomic E-state index is 13.0. The lowest BCUT2D eigenvalue weighted by molar-refractivity contribution is -0.145. The minimum absolute atomic E-state index is 0.0359. The van der Waals surface area contributed by atoms with E-state index in [1.807, 2.05) is 52.0 Å². The smallest absolute Gasteiger partial charge is 0.334 e. The number of cyclic esters (lactones) is 1. The van der Waals surface area contributed by atoms with Crippen LogP contribution in [0.5, 0.6) is 0 Å². The molecule has 0 spiro atoms. The highest BCUT2D eigenvalue weighted by Crippen LogP contribution is 2.24. The molecule has 1 aliphatic heterocycles. The molecule has 6 heteroatoms. The van der Waals surface area contributed by atoms with Crippen molar-refractivity contribution in [2.24, 2.45) is 29.6 Å². The molecular weight excluding hydrogens is 504 g/mol. The minimum Gasteiger partial charge on any atom is -0.478 e. The van der Waals surface area contributed by atoms with Crippen LogP contribution in [0.2, 0.25) is 0 Å². The molecule has 0 aromatic rings. The first-order chi connectivity index (χ1) is 18.7. The third-order valence-electron chi connectivity index (χ3n) is 7.41. The number of carbonyl (C=O) groups is 3. The van der Waals surface area contributed by atoms with Gasteiger partial charge in [0.1, 0.15) is 11.9 Å². The van der Waals surface area contributed by atoms with Gasteiger partial charge in [0.2, 0.25) is 0 Å². The van der Waals surface area contributed by atoms with E-state index in [0.29, 0.717) is 23.5 Å². The molecule has 0 saturated heterocycles. The van der Waals surface area contributed by atoms with Crippen molar-refractivity contribution >= 4 is 17.7 Å². The minimum atomic E-state index is -1.01. The topological polar surface area (TPSA) is 101 Å². The Labute approximate surface area is 241 Å². The van der Waals surface area contributed by atoms with Crippen molar-refractivity contribution in [1.82, 2.24) is 0 Å². The van der Waals surface area contributed by atoms with Crippen molar-refractivity contribution in [3.8, 4) is 0 Å². The molecule has 7 atom stereocenters. The van der Waals surface area contributed by atoms with Crippen molar-refractivity contribution in [3.63, 3.8) is 0 Å². The van der Waals surface area contributed by atoms with Gasteiger partial charge >= 0.3 is 11.9 Å². The second-order valence-electron chi connectivity index (χ2n) is 11.5. The zero-order chi connectivity index (χ0) is 30.6. The number of esters is 1. The van der Waals surface area contributed by atoms with Gasteiger partial charge in [-0.3, -0.25) is 4.79 Å². The lowest BCUT2D eigenvalue weighted by Gasteiger charge is -2.25. The summed E-state index contributed by atoms with van der Waals surface area (Å²) in [6.07, 6.45) is 16.5. The first-order valence-corrected chi connectivity index (χ1v) is 14.4. The number of carboxylic acids is 1. The third-order valence-corrected chi connectivity index (χ3v) is 7.41. The Kier molecular flexibility index (Phi) is 14.9. The number of aliphatic hydroxyl groups excluding tert-OH is 1. The Bertz CT molecular complexity index is 1070. The van der Waals surface area contributed by atoms with Gasteiger partial charge in [0.25, 0.3) is 0 Å². The fourth-order valence-electron chi connectivity index (χ4n) is 5.01. The summed E-state index contributed by atoms with van der Waals surface area (Å²) in [5.41, 5.74) is 3.50. The number of hydrogen-bond acceptors (Lipinski definition) is 5. The van der Waals surface area contributed by atoms with E-state index < -0.39 is 18.0 Å². The van der Waals surface area contributed by atoms with Gasteiger partial charge in [-0.15, -0.1) is 0 Å².